The Bertz CT molecular complexity index is 422. The SMILES string of the molecule is Cc1c(C(=O)O)cc(N)cc1[B-](F)(F)F.[K+]. The standard InChI is InChI=1S/C8H8BF3NO2.K/c1-4-6(8(14)15)2-5(13)3-7(4)9(10,11)12;/h2-3H,13H2,1H3,(H,14,15);/q-1;+1. The van der Waals surface area contributed by atoms with Gasteiger partial charge in [0.05, 0.1) is 5.56 Å². The van der Waals surface area contributed by atoms with Crippen LogP contribution in [0.3, 0.4) is 0 Å². The van der Waals surface area contributed by atoms with Crippen molar-refractivity contribution in [3.8, 4) is 0 Å². The van der Waals surface area contributed by atoms with Crippen molar-refractivity contribution in [1.29, 1.82) is 0 Å². The zero-order chi connectivity index (χ0) is 11.8. The van der Waals surface area contributed by atoms with Gasteiger partial charge in [-0.05, 0) is 13.0 Å². The van der Waals surface area contributed by atoms with Crippen LogP contribution in [0.1, 0.15) is 15.9 Å². The fraction of sp³-hybridized carbons (Fsp3) is 0.125. The second kappa shape index (κ2) is 5.54. The molecule has 0 aliphatic carbocycles. The second-order valence-corrected chi connectivity index (χ2v) is 3.16. The van der Waals surface area contributed by atoms with E-state index in [-0.39, 0.29) is 62.6 Å². The van der Waals surface area contributed by atoms with Crippen LogP contribution in [0, 0.1) is 6.92 Å². The van der Waals surface area contributed by atoms with E-state index in [1.165, 1.54) is 0 Å². The van der Waals surface area contributed by atoms with Gasteiger partial charge in [0.2, 0.25) is 0 Å². The molecule has 0 atom stereocenters. The Morgan fingerprint density at radius 2 is 1.88 bits per heavy atom. The van der Waals surface area contributed by atoms with Crippen molar-refractivity contribution >= 4 is 24.1 Å². The van der Waals surface area contributed by atoms with Crippen LogP contribution in [-0.2, 0) is 0 Å². The van der Waals surface area contributed by atoms with E-state index >= 15 is 0 Å². The molecule has 1 aromatic rings. The molecule has 0 saturated heterocycles. The molecule has 0 amide bonds. The van der Waals surface area contributed by atoms with Gasteiger partial charge in [-0.1, -0.05) is 11.6 Å². The summed E-state index contributed by atoms with van der Waals surface area (Å²) in [6.07, 6.45) is 0. The van der Waals surface area contributed by atoms with Gasteiger partial charge in [0, 0.05) is 5.69 Å². The molecule has 0 aliphatic rings. The van der Waals surface area contributed by atoms with E-state index in [9.17, 15) is 17.7 Å². The average Bonchev–Trinajstić information content (AvgIpc) is 2.06. The number of carboxylic acid groups (broad SMARTS) is 1. The molecule has 0 unspecified atom stereocenters. The molecule has 8 heteroatoms. The van der Waals surface area contributed by atoms with Crippen molar-refractivity contribution in [2.24, 2.45) is 0 Å². The molecule has 0 fully saturated rings. The summed E-state index contributed by atoms with van der Waals surface area (Å²) in [4.78, 5) is 10.6. The molecule has 3 N–H and O–H groups in total. The van der Waals surface area contributed by atoms with E-state index < -0.39 is 24.0 Å². The Hall–Kier alpha value is -0.0187. The van der Waals surface area contributed by atoms with Crippen molar-refractivity contribution in [3.05, 3.63) is 23.3 Å². The summed E-state index contributed by atoms with van der Waals surface area (Å²) < 4.78 is 37.5. The molecule has 0 aliphatic heterocycles. The number of hydrogen-bond donors (Lipinski definition) is 2. The van der Waals surface area contributed by atoms with Gasteiger partial charge in [-0.15, -0.1) is 5.46 Å². The summed E-state index contributed by atoms with van der Waals surface area (Å²) in [6, 6.07) is 1.77. The molecular weight excluding hydrogens is 249 g/mol. The number of anilines is 1. The number of aromatic carboxylic acids is 1. The maximum absolute atomic E-state index is 12.5. The average molecular weight is 257 g/mol. The van der Waals surface area contributed by atoms with Crippen LogP contribution in [0.4, 0.5) is 18.6 Å². The molecule has 0 radical (unpaired) electrons. The number of nitrogens with two attached hydrogens (primary N) is 1. The number of nitrogen functional groups attached to an aromatic ring is 1. The molecule has 0 aromatic heterocycles. The Kier molecular flexibility index (Phi) is 5.54. The third-order valence-corrected chi connectivity index (χ3v) is 2.05. The minimum absolute atomic E-state index is 0. The summed E-state index contributed by atoms with van der Waals surface area (Å²) in [5.41, 5.74) is 3.34. The topological polar surface area (TPSA) is 63.3 Å². The smallest absolute Gasteiger partial charge is 0.478 e. The van der Waals surface area contributed by atoms with Gasteiger partial charge in [0.15, 0.2) is 0 Å². The Morgan fingerprint density at radius 3 is 2.25 bits per heavy atom. The van der Waals surface area contributed by atoms with Crippen LogP contribution >= 0.6 is 0 Å². The molecule has 16 heavy (non-hydrogen) atoms. The van der Waals surface area contributed by atoms with Gasteiger partial charge < -0.3 is 23.8 Å². The van der Waals surface area contributed by atoms with Crippen LogP contribution in [0.25, 0.3) is 0 Å². The third-order valence-electron chi connectivity index (χ3n) is 2.05. The number of benzene rings is 1. The first-order valence-electron chi connectivity index (χ1n) is 4.06. The maximum atomic E-state index is 12.5. The summed E-state index contributed by atoms with van der Waals surface area (Å²) in [5, 5.41) is 8.66. The zero-order valence-corrected chi connectivity index (χ0v) is 11.9. The molecule has 3 nitrogen and oxygen atoms in total. The fourth-order valence-electron chi connectivity index (χ4n) is 1.32. The van der Waals surface area contributed by atoms with E-state index in [2.05, 4.69) is 0 Å². The molecular formula is C8H8BF3KNO2. The van der Waals surface area contributed by atoms with Crippen LogP contribution in [0.5, 0.6) is 0 Å². The van der Waals surface area contributed by atoms with Crippen LogP contribution < -0.4 is 62.6 Å². The van der Waals surface area contributed by atoms with E-state index in [0.717, 1.165) is 19.1 Å². The van der Waals surface area contributed by atoms with Gasteiger partial charge in [0.25, 0.3) is 0 Å². The van der Waals surface area contributed by atoms with Gasteiger partial charge in [-0.25, -0.2) is 4.79 Å². The first kappa shape index (κ1) is 16.0. The maximum Gasteiger partial charge on any atom is 1.00 e. The number of rotatable bonds is 2. The van der Waals surface area contributed by atoms with E-state index in [1.807, 2.05) is 0 Å². The predicted octanol–water partition coefficient (Wildman–Crippen LogP) is -1.67. The fourth-order valence-corrected chi connectivity index (χ4v) is 1.32. The minimum atomic E-state index is -5.24. The number of carbonyl (C=O) groups is 1. The van der Waals surface area contributed by atoms with Gasteiger partial charge in [-0.3, -0.25) is 0 Å². The molecule has 0 spiro atoms. The summed E-state index contributed by atoms with van der Waals surface area (Å²) in [6.45, 7) is -4.12. The van der Waals surface area contributed by atoms with Crippen molar-refractivity contribution in [3.63, 3.8) is 0 Å². The Balaban J connectivity index is 0.00000225. The monoisotopic (exact) mass is 257 g/mol. The second-order valence-electron chi connectivity index (χ2n) is 3.16. The molecule has 0 heterocycles. The van der Waals surface area contributed by atoms with Gasteiger partial charge >= 0.3 is 64.3 Å². The Labute approximate surface area is 133 Å². The quantitative estimate of drug-likeness (QED) is 0.492. The van der Waals surface area contributed by atoms with Gasteiger partial charge in [-0.2, -0.15) is 0 Å². The molecule has 1 rings (SSSR count). The van der Waals surface area contributed by atoms with E-state index in [4.69, 9.17) is 10.8 Å². The first-order chi connectivity index (χ1) is 6.73. The molecule has 1 aromatic carbocycles. The number of hydrogen-bond acceptors (Lipinski definition) is 2. The molecule has 0 saturated carbocycles. The Morgan fingerprint density at radius 1 is 1.38 bits per heavy atom. The van der Waals surface area contributed by atoms with Crippen molar-refractivity contribution in [1.82, 2.24) is 0 Å². The number of halogens is 3. The van der Waals surface area contributed by atoms with Gasteiger partial charge in [0.1, 0.15) is 0 Å². The molecule has 82 valence electrons. The molecule has 0 bridgehead atoms. The van der Waals surface area contributed by atoms with Crippen LogP contribution in [0.15, 0.2) is 12.1 Å². The number of carboxylic acids is 1. The first-order valence-corrected chi connectivity index (χ1v) is 4.06. The van der Waals surface area contributed by atoms with Crippen molar-refractivity contribution < 1.29 is 74.2 Å². The van der Waals surface area contributed by atoms with E-state index in [1.54, 1.807) is 0 Å². The van der Waals surface area contributed by atoms with Crippen LogP contribution in [-0.4, -0.2) is 18.1 Å². The van der Waals surface area contributed by atoms with Crippen molar-refractivity contribution in [2.75, 3.05) is 5.73 Å². The zero-order valence-electron chi connectivity index (χ0n) is 8.80. The van der Waals surface area contributed by atoms with Crippen molar-refractivity contribution in [2.45, 2.75) is 6.92 Å². The summed E-state index contributed by atoms with van der Waals surface area (Å²) in [7, 11) is 0. The largest absolute Gasteiger partial charge is 1.00 e. The predicted molar refractivity (Wildman–Crippen MR) is 51.3 cm³/mol. The normalized spacial score (nSPS) is 10.8. The third kappa shape index (κ3) is 3.49. The van der Waals surface area contributed by atoms with E-state index in [0.29, 0.717) is 0 Å². The minimum Gasteiger partial charge on any atom is -0.478 e. The summed E-state index contributed by atoms with van der Waals surface area (Å²) >= 11 is 0. The summed E-state index contributed by atoms with van der Waals surface area (Å²) in [5.74, 6) is -1.42. The van der Waals surface area contributed by atoms with Crippen LogP contribution in [0.2, 0.25) is 0 Å².